The van der Waals surface area contributed by atoms with Crippen molar-refractivity contribution in [1.29, 1.82) is 0 Å². The Hall–Kier alpha value is -2.49. The Morgan fingerprint density at radius 2 is 1.73 bits per heavy atom. The van der Waals surface area contributed by atoms with Crippen LogP contribution in [0.15, 0.2) is 42.5 Å². The van der Waals surface area contributed by atoms with Crippen molar-refractivity contribution in [2.24, 2.45) is 0 Å². The highest BCUT2D eigenvalue weighted by Crippen LogP contribution is 2.27. The van der Waals surface area contributed by atoms with E-state index in [4.69, 9.17) is 10.5 Å². The third kappa shape index (κ3) is 3.58. The maximum absolute atomic E-state index is 12.3. The lowest BCUT2D eigenvalue weighted by Crippen LogP contribution is -2.15. The average Bonchev–Trinajstić information content (AvgIpc) is 2.46. The van der Waals surface area contributed by atoms with Crippen molar-refractivity contribution < 1.29 is 9.53 Å². The van der Waals surface area contributed by atoms with E-state index in [1.807, 2.05) is 24.3 Å². The van der Waals surface area contributed by atoms with Gasteiger partial charge in [-0.15, -0.1) is 0 Å². The van der Waals surface area contributed by atoms with Gasteiger partial charge in [0.15, 0.2) is 0 Å². The Balaban J connectivity index is 2.21. The Labute approximate surface area is 131 Å². The smallest absolute Gasteiger partial charge is 0.255 e. The molecular weight excluding hydrogens is 276 g/mol. The van der Waals surface area contributed by atoms with Crippen molar-refractivity contribution in [3.63, 3.8) is 0 Å². The number of nitrogens with two attached hydrogens (primary N) is 1. The highest BCUT2D eigenvalue weighted by molar-refractivity contribution is 6.05. The van der Waals surface area contributed by atoms with E-state index in [2.05, 4.69) is 26.1 Å². The van der Waals surface area contributed by atoms with Gasteiger partial charge in [0.05, 0.1) is 12.8 Å². The van der Waals surface area contributed by atoms with Crippen molar-refractivity contribution >= 4 is 17.3 Å². The molecule has 4 nitrogen and oxygen atoms in total. The maximum atomic E-state index is 12.3. The summed E-state index contributed by atoms with van der Waals surface area (Å²) in [6, 6.07) is 12.8. The third-order valence-electron chi connectivity index (χ3n) is 3.48. The van der Waals surface area contributed by atoms with Crippen LogP contribution < -0.4 is 15.8 Å². The predicted octanol–water partition coefficient (Wildman–Crippen LogP) is 3.83. The van der Waals surface area contributed by atoms with Gasteiger partial charge >= 0.3 is 0 Å². The van der Waals surface area contributed by atoms with Crippen molar-refractivity contribution in [2.75, 3.05) is 18.2 Å². The monoisotopic (exact) mass is 298 g/mol. The summed E-state index contributed by atoms with van der Waals surface area (Å²) in [7, 11) is 1.55. The maximum Gasteiger partial charge on any atom is 0.255 e. The van der Waals surface area contributed by atoms with Crippen LogP contribution in [-0.2, 0) is 5.41 Å². The molecule has 0 saturated heterocycles. The minimum absolute atomic E-state index is 0.0616. The fourth-order valence-electron chi connectivity index (χ4n) is 2.14. The number of methoxy groups -OCH3 is 1. The number of nitrogens with one attached hydrogen (secondary N) is 1. The molecule has 4 heteroatoms. The predicted molar refractivity (Wildman–Crippen MR) is 90.5 cm³/mol. The van der Waals surface area contributed by atoms with E-state index in [-0.39, 0.29) is 11.3 Å². The van der Waals surface area contributed by atoms with Gasteiger partial charge in [0.1, 0.15) is 5.75 Å². The van der Waals surface area contributed by atoms with Crippen molar-refractivity contribution in [2.45, 2.75) is 26.2 Å². The minimum Gasteiger partial charge on any atom is -0.495 e. The second-order valence-electron chi connectivity index (χ2n) is 6.24. The Morgan fingerprint density at radius 1 is 1.09 bits per heavy atom. The lowest BCUT2D eigenvalue weighted by Gasteiger charge is -2.19. The fraction of sp³-hybridized carbons (Fsp3) is 0.278. The zero-order valence-corrected chi connectivity index (χ0v) is 13.4. The van der Waals surface area contributed by atoms with Gasteiger partial charge in [-0.25, -0.2) is 0 Å². The summed E-state index contributed by atoms with van der Waals surface area (Å²) in [5.74, 6) is 0.387. The number of carbonyl (C=O) groups excluding carboxylic acids is 1. The van der Waals surface area contributed by atoms with E-state index >= 15 is 0 Å². The molecule has 0 aliphatic carbocycles. The molecule has 0 atom stereocenters. The Morgan fingerprint density at radius 3 is 2.27 bits per heavy atom. The van der Waals surface area contributed by atoms with E-state index in [0.717, 1.165) is 0 Å². The molecule has 0 aromatic heterocycles. The number of carbonyl (C=O) groups is 1. The Kier molecular flexibility index (Phi) is 4.40. The molecule has 2 aromatic carbocycles. The van der Waals surface area contributed by atoms with Crippen molar-refractivity contribution in [3.05, 3.63) is 53.6 Å². The van der Waals surface area contributed by atoms with Crippen molar-refractivity contribution in [3.8, 4) is 5.75 Å². The molecule has 116 valence electrons. The summed E-state index contributed by atoms with van der Waals surface area (Å²) in [6.07, 6.45) is 0. The van der Waals surface area contributed by atoms with Gasteiger partial charge in [-0.3, -0.25) is 4.79 Å². The molecule has 0 bridgehead atoms. The highest BCUT2D eigenvalue weighted by atomic mass is 16.5. The molecule has 2 aromatic rings. The summed E-state index contributed by atoms with van der Waals surface area (Å²) in [4.78, 5) is 12.3. The van der Waals surface area contributed by atoms with Crippen LogP contribution >= 0.6 is 0 Å². The summed E-state index contributed by atoms with van der Waals surface area (Å²) >= 11 is 0. The van der Waals surface area contributed by atoms with E-state index < -0.39 is 0 Å². The molecule has 0 unspecified atom stereocenters. The van der Waals surface area contributed by atoms with Gasteiger partial charge < -0.3 is 15.8 Å². The van der Waals surface area contributed by atoms with Gasteiger partial charge in [0, 0.05) is 11.3 Å². The molecule has 0 fully saturated rings. The first-order chi connectivity index (χ1) is 10.3. The van der Waals surface area contributed by atoms with E-state index in [1.165, 1.54) is 5.56 Å². The second kappa shape index (κ2) is 6.10. The number of nitrogen functional groups attached to an aromatic ring is 1. The first-order valence-corrected chi connectivity index (χ1v) is 7.16. The average molecular weight is 298 g/mol. The zero-order chi connectivity index (χ0) is 16.3. The number of benzene rings is 2. The molecule has 2 rings (SSSR count). The number of anilines is 2. The Bertz CT molecular complexity index is 670. The molecule has 22 heavy (non-hydrogen) atoms. The topological polar surface area (TPSA) is 64.3 Å². The first-order valence-electron chi connectivity index (χ1n) is 7.16. The first kappa shape index (κ1) is 15.9. The number of hydrogen-bond donors (Lipinski definition) is 2. The lowest BCUT2D eigenvalue weighted by atomic mass is 9.87. The summed E-state index contributed by atoms with van der Waals surface area (Å²) < 4.78 is 5.23. The van der Waals surface area contributed by atoms with Crippen LogP contribution in [0.2, 0.25) is 0 Å². The van der Waals surface area contributed by atoms with Gasteiger partial charge in [0.2, 0.25) is 0 Å². The quantitative estimate of drug-likeness (QED) is 0.846. The van der Waals surface area contributed by atoms with Crippen LogP contribution in [0, 0.1) is 0 Å². The fourth-order valence-corrected chi connectivity index (χ4v) is 2.14. The molecular formula is C18H22N2O2. The molecule has 3 N–H and O–H groups in total. The summed E-state index contributed by atoms with van der Waals surface area (Å²) in [5.41, 5.74) is 8.73. The van der Waals surface area contributed by atoms with Crippen LogP contribution in [0.3, 0.4) is 0 Å². The van der Waals surface area contributed by atoms with Crippen LogP contribution in [0.4, 0.5) is 11.4 Å². The van der Waals surface area contributed by atoms with Crippen LogP contribution in [0.5, 0.6) is 5.75 Å². The standard InChI is InChI=1S/C18H22N2O2/c1-18(2,3)13-7-5-12(6-8-13)17(21)20-15-11-14(19)9-10-16(15)22-4/h5-11H,19H2,1-4H3,(H,20,21). The SMILES string of the molecule is COc1ccc(N)cc1NC(=O)c1ccc(C(C)(C)C)cc1. The summed E-state index contributed by atoms with van der Waals surface area (Å²) in [5, 5.41) is 2.83. The van der Waals surface area contributed by atoms with Gasteiger partial charge in [0.25, 0.3) is 5.91 Å². The van der Waals surface area contributed by atoms with Crippen LogP contribution in [-0.4, -0.2) is 13.0 Å². The molecule has 0 radical (unpaired) electrons. The molecule has 0 saturated carbocycles. The lowest BCUT2D eigenvalue weighted by molar-refractivity contribution is 0.102. The molecule has 1 amide bonds. The number of hydrogen-bond acceptors (Lipinski definition) is 3. The number of rotatable bonds is 3. The zero-order valence-electron chi connectivity index (χ0n) is 13.4. The van der Waals surface area contributed by atoms with Crippen molar-refractivity contribution in [1.82, 2.24) is 0 Å². The van der Waals surface area contributed by atoms with Crippen LogP contribution in [0.1, 0.15) is 36.7 Å². The molecule has 0 spiro atoms. The molecule has 0 aliphatic rings. The van der Waals surface area contributed by atoms with Gasteiger partial charge in [-0.05, 0) is 41.3 Å². The minimum atomic E-state index is -0.190. The normalized spacial score (nSPS) is 11.1. The van der Waals surface area contributed by atoms with Gasteiger partial charge in [-0.2, -0.15) is 0 Å². The number of amides is 1. The van der Waals surface area contributed by atoms with E-state index in [0.29, 0.717) is 22.7 Å². The van der Waals surface area contributed by atoms with E-state index in [1.54, 1.807) is 25.3 Å². The largest absolute Gasteiger partial charge is 0.495 e. The summed E-state index contributed by atoms with van der Waals surface area (Å²) in [6.45, 7) is 6.42. The highest BCUT2D eigenvalue weighted by Gasteiger charge is 2.15. The second-order valence-corrected chi connectivity index (χ2v) is 6.24. The molecule has 0 aliphatic heterocycles. The molecule has 0 heterocycles. The third-order valence-corrected chi connectivity index (χ3v) is 3.48. The number of ether oxygens (including phenoxy) is 1. The van der Waals surface area contributed by atoms with E-state index in [9.17, 15) is 4.79 Å². The van der Waals surface area contributed by atoms with Crippen LogP contribution in [0.25, 0.3) is 0 Å². The van der Waals surface area contributed by atoms with Gasteiger partial charge in [-0.1, -0.05) is 32.9 Å².